The fourth-order valence-electron chi connectivity index (χ4n) is 3.33. The highest BCUT2D eigenvalue weighted by atomic mass is 32.2. The molecule has 3 rings (SSSR count). The summed E-state index contributed by atoms with van der Waals surface area (Å²) < 4.78 is 25.1. The molecule has 0 radical (unpaired) electrons. The molecule has 0 aliphatic carbocycles. The van der Waals surface area contributed by atoms with E-state index >= 15 is 0 Å². The van der Waals surface area contributed by atoms with E-state index in [1.165, 1.54) is 10.6 Å². The average molecular weight is 352 g/mol. The summed E-state index contributed by atoms with van der Waals surface area (Å²) in [5.41, 5.74) is 1.61. The lowest BCUT2D eigenvalue weighted by molar-refractivity contribution is -0.138. The summed E-state index contributed by atoms with van der Waals surface area (Å²) in [4.78, 5) is 22.8. The Morgan fingerprint density at radius 2 is 2.25 bits per heavy atom. The van der Waals surface area contributed by atoms with E-state index in [2.05, 4.69) is 15.0 Å². The number of fused-ring (bicyclic) bond motifs is 1. The summed E-state index contributed by atoms with van der Waals surface area (Å²) in [7, 11) is -3.28. The molecule has 130 valence electrons. The molecular formula is C15H20N4O4S. The van der Waals surface area contributed by atoms with Crippen LogP contribution >= 0.6 is 0 Å². The second-order valence-corrected chi connectivity index (χ2v) is 8.29. The molecule has 1 saturated heterocycles. The van der Waals surface area contributed by atoms with Crippen LogP contribution in [0.2, 0.25) is 0 Å². The number of pyridine rings is 1. The van der Waals surface area contributed by atoms with E-state index in [1.807, 2.05) is 0 Å². The van der Waals surface area contributed by atoms with Gasteiger partial charge in [0.1, 0.15) is 5.82 Å². The molecule has 2 unspecified atom stereocenters. The number of sulfonamides is 1. The van der Waals surface area contributed by atoms with E-state index in [4.69, 9.17) is 5.11 Å². The first kappa shape index (κ1) is 16.8. The van der Waals surface area contributed by atoms with Gasteiger partial charge in [0.05, 0.1) is 23.5 Å². The van der Waals surface area contributed by atoms with Crippen molar-refractivity contribution in [3.05, 3.63) is 24.3 Å². The maximum Gasteiger partial charge on any atom is 0.303 e. The van der Waals surface area contributed by atoms with Gasteiger partial charge in [-0.3, -0.25) is 9.78 Å². The van der Waals surface area contributed by atoms with Crippen LogP contribution in [-0.2, 0) is 21.2 Å². The van der Waals surface area contributed by atoms with E-state index in [1.54, 1.807) is 18.5 Å². The zero-order valence-electron chi connectivity index (χ0n) is 13.3. The molecule has 0 bridgehead atoms. The number of rotatable bonds is 5. The molecule has 0 aromatic carbocycles. The van der Waals surface area contributed by atoms with Gasteiger partial charge in [-0.2, -0.15) is 0 Å². The number of hydrogen-bond acceptors (Lipinski definition) is 5. The maximum absolute atomic E-state index is 11.8. The molecule has 0 amide bonds. The van der Waals surface area contributed by atoms with Crippen molar-refractivity contribution in [3.63, 3.8) is 0 Å². The second kappa shape index (κ2) is 6.48. The molecule has 3 heterocycles. The highest BCUT2D eigenvalue weighted by Gasteiger charge is 2.34. The van der Waals surface area contributed by atoms with Gasteiger partial charge in [0.25, 0.3) is 0 Å². The third-order valence-corrected chi connectivity index (χ3v) is 5.82. The van der Waals surface area contributed by atoms with Crippen LogP contribution < -0.4 is 0 Å². The van der Waals surface area contributed by atoms with Crippen LogP contribution in [0.15, 0.2) is 18.5 Å². The van der Waals surface area contributed by atoms with Crippen LogP contribution in [0, 0.1) is 11.8 Å². The summed E-state index contributed by atoms with van der Waals surface area (Å²) in [5.74, 6) is -0.273. The Kier molecular flexibility index (Phi) is 4.55. The molecular weight excluding hydrogens is 332 g/mol. The number of nitrogens with zero attached hydrogens (tertiary/aromatic N) is 3. The van der Waals surface area contributed by atoms with Crippen LogP contribution in [0.5, 0.6) is 0 Å². The van der Waals surface area contributed by atoms with Gasteiger partial charge in [-0.1, -0.05) is 0 Å². The van der Waals surface area contributed by atoms with E-state index in [0.29, 0.717) is 25.9 Å². The first-order valence-corrected chi connectivity index (χ1v) is 9.63. The Hall–Kier alpha value is -2.00. The SMILES string of the molecule is CS(=O)(=O)N1CCC(CC(=O)O)C(Cc2nc3ccncc3[nH]2)C1. The van der Waals surface area contributed by atoms with Crippen LogP contribution in [0.1, 0.15) is 18.7 Å². The van der Waals surface area contributed by atoms with Gasteiger partial charge in [-0.05, 0) is 24.3 Å². The van der Waals surface area contributed by atoms with Crippen LogP contribution in [0.4, 0.5) is 0 Å². The van der Waals surface area contributed by atoms with E-state index in [0.717, 1.165) is 16.9 Å². The van der Waals surface area contributed by atoms with Gasteiger partial charge >= 0.3 is 5.97 Å². The van der Waals surface area contributed by atoms with Crippen LogP contribution in [-0.4, -0.2) is 58.1 Å². The number of imidazole rings is 1. The van der Waals surface area contributed by atoms with Gasteiger partial charge < -0.3 is 10.1 Å². The number of nitrogens with one attached hydrogen (secondary N) is 1. The first-order chi connectivity index (χ1) is 11.3. The number of carboxylic acids is 1. The van der Waals surface area contributed by atoms with Crippen molar-refractivity contribution >= 4 is 27.0 Å². The first-order valence-electron chi connectivity index (χ1n) is 7.78. The third kappa shape index (κ3) is 3.73. The van der Waals surface area contributed by atoms with Crippen molar-refractivity contribution in [1.82, 2.24) is 19.3 Å². The number of carbonyl (C=O) groups is 1. The predicted molar refractivity (Wildman–Crippen MR) is 87.9 cm³/mol. The Morgan fingerprint density at radius 3 is 2.92 bits per heavy atom. The van der Waals surface area contributed by atoms with E-state index in [9.17, 15) is 13.2 Å². The highest BCUT2D eigenvalue weighted by molar-refractivity contribution is 7.88. The smallest absolute Gasteiger partial charge is 0.303 e. The zero-order chi connectivity index (χ0) is 17.3. The number of hydrogen-bond donors (Lipinski definition) is 2. The predicted octanol–water partition coefficient (Wildman–Crippen LogP) is 0.873. The number of piperidine rings is 1. The minimum atomic E-state index is -3.28. The lowest BCUT2D eigenvalue weighted by Gasteiger charge is -2.36. The largest absolute Gasteiger partial charge is 0.481 e. The molecule has 0 spiro atoms. The Balaban J connectivity index is 1.82. The molecule has 0 saturated carbocycles. The van der Waals surface area contributed by atoms with E-state index < -0.39 is 16.0 Å². The van der Waals surface area contributed by atoms with Crippen molar-refractivity contribution in [2.75, 3.05) is 19.3 Å². The zero-order valence-corrected chi connectivity index (χ0v) is 14.2. The summed E-state index contributed by atoms with van der Waals surface area (Å²) in [6, 6.07) is 1.80. The standard InChI is InChI=1S/C15H20N4O4S/c1-24(22,23)19-5-3-10(7-15(20)21)11(9-19)6-14-17-12-2-4-16-8-13(12)18-14/h2,4,8,10-11H,3,5-7,9H2,1H3,(H,17,18)(H,20,21). The summed E-state index contributed by atoms with van der Waals surface area (Å²) in [6.07, 6.45) is 5.64. The molecule has 9 heteroatoms. The molecule has 24 heavy (non-hydrogen) atoms. The average Bonchev–Trinajstić information content (AvgIpc) is 2.89. The highest BCUT2D eigenvalue weighted by Crippen LogP contribution is 2.30. The molecule has 2 aromatic heterocycles. The maximum atomic E-state index is 11.8. The van der Waals surface area contributed by atoms with Gasteiger partial charge in [0, 0.05) is 32.1 Å². The Morgan fingerprint density at radius 1 is 1.46 bits per heavy atom. The molecule has 2 aromatic rings. The molecule has 1 aliphatic heterocycles. The van der Waals surface area contributed by atoms with Crippen molar-refractivity contribution in [3.8, 4) is 0 Å². The molecule has 8 nitrogen and oxygen atoms in total. The summed E-state index contributed by atoms with van der Waals surface area (Å²) >= 11 is 0. The van der Waals surface area contributed by atoms with Crippen LogP contribution in [0.25, 0.3) is 11.0 Å². The monoisotopic (exact) mass is 352 g/mol. The van der Waals surface area contributed by atoms with E-state index in [-0.39, 0.29) is 18.3 Å². The normalized spacial score (nSPS) is 22.7. The summed E-state index contributed by atoms with van der Waals surface area (Å²) in [6.45, 7) is 0.698. The Bertz CT molecular complexity index is 815. The Labute approximate surface area is 140 Å². The molecule has 1 fully saturated rings. The van der Waals surface area contributed by atoms with Gasteiger partial charge in [0.2, 0.25) is 10.0 Å². The topological polar surface area (TPSA) is 116 Å². The van der Waals surface area contributed by atoms with Gasteiger partial charge in [0.15, 0.2) is 0 Å². The third-order valence-electron chi connectivity index (χ3n) is 4.55. The van der Waals surface area contributed by atoms with Crippen molar-refractivity contribution in [2.45, 2.75) is 19.3 Å². The fraction of sp³-hybridized carbons (Fsp3) is 0.533. The lowest BCUT2D eigenvalue weighted by Crippen LogP contribution is -2.44. The molecule has 2 N–H and O–H groups in total. The lowest BCUT2D eigenvalue weighted by atomic mass is 9.82. The van der Waals surface area contributed by atoms with Crippen LogP contribution in [0.3, 0.4) is 0 Å². The minimum absolute atomic E-state index is 0.0457. The minimum Gasteiger partial charge on any atom is -0.481 e. The van der Waals surface area contributed by atoms with Gasteiger partial charge in [-0.25, -0.2) is 17.7 Å². The molecule has 1 aliphatic rings. The molecule has 2 atom stereocenters. The van der Waals surface area contributed by atoms with Gasteiger partial charge in [-0.15, -0.1) is 0 Å². The number of aromatic nitrogens is 3. The fourth-order valence-corrected chi connectivity index (χ4v) is 4.23. The number of aliphatic carboxylic acids is 1. The van der Waals surface area contributed by atoms with Crippen molar-refractivity contribution in [2.24, 2.45) is 11.8 Å². The quantitative estimate of drug-likeness (QED) is 0.825. The number of carboxylic acid groups (broad SMARTS) is 1. The second-order valence-electron chi connectivity index (χ2n) is 6.31. The summed E-state index contributed by atoms with van der Waals surface area (Å²) in [5, 5.41) is 9.13. The van der Waals surface area contributed by atoms with Crippen molar-refractivity contribution < 1.29 is 18.3 Å². The van der Waals surface area contributed by atoms with Crippen molar-refractivity contribution in [1.29, 1.82) is 0 Å². The number of aromatic amines is 1. The number of H-pyrrole nitrogens is 1.